The minimum Gasteiger partial charge on any atom is -0.339 e. The molecule has 0 bridgehead atoms. The van der Waals surface area contributed by atoms with Gasteiger partial charge in [0, 0.05) is 38.8 Å². The largest absolute Gasteiger partial charge is 0.339 e. The molecule has 156 valence electrons. The number of aryl methyl sites for hydroxylation is 1. The molecule has 2 aliphatic heterocycles. The summed E-state index contributed by atoms with van der Waals surface area (Å²) in [5, 5.41) is 0. The molecule has 1 unspecified atom stereocenters. The van der Waals surface area contributed by atoms with Gasteiger partial charge in [-0.2, -0.15) is 0 Å². The van der Waals surface area contributed by atoms with Crippen molar-refractivity contribution in [3.8, 4) is 0 Å². The molecule has 1 atom stereocenters. The van der Waals surface area contributed by atoms with Gasteiger partial charge >= 0.3 is 0 Å². The van der Waals surface area contributed by atoms with Crippen LogP contribution in [0.25, 0.3) is 0 Å². The Hall–Kier alpha value is -1.43. The highest BCUT2D eigenvalue weighted by Crippen LogP contribution is 2.18. The zero-order valence-electron chi connectivity index (χ0n) is 18.1. The van der Waals surface area contributed by atoms with Gasteiger partial charge in [0.1, 0.15) is 0 Å². The number of carbonyl (C=O) groups excluding carboxylic acids is 1. The lowest BCUT2D eigenvalue weighted by atomic mass is 10.00. The van der Waals surface area contributed by atoms with Crippen molar-refractivity contribution in [2.24, 2.45) is 0 Å². The molecule has 1 aromatic rings. The number of amides is 1. The van der Waals surface area contributed by atoms with Gasteiger partial charge in [-0.15, -0.1) is 0 Å². The summed E-state index contributed by atoms with van der Waals surface area (Å²) < 4.78 is 0. The van der Waals surface area contributed by atoms with Crippen molar-refractivity contribution in [3.63, 3.8) is 0 Å². The van der Waals surface area contributed by atoms with E-state index in [1.165, 1.54) is 43.4 Å². The van der Waals surface area contributed by atoms with Crippen molar-refractivity contribution in [1.29, 1.82) is 0 Å². The van der Waals surface area contributed by atoms with E-state index in [1.54, 1.807) is 0 Å². The van der Waals surface area contributed by atoms with Crippen molar-refractivity contribution in [3.05, 3.63) is 35.4 Å². The lowest BCUT2D eigenvalue weighted by Gasteiger charge is -2.36. The van der Waals surface area contributed by atoms with Crippen LogP contribution < -0.4 is 0 Å². The second kappa shape index (κ2) is 10.4. The van der Waals surface area contributed by atoms with E-state index in [2.05, 4.69) is 64.9 Å². The van der Waals surface area contributed by atoms with Crippen molar-refractivity contribution in [2.45, 2.75) is 45.2 Å². The summed E-state index contributed by atoms with van der Waals surface area (Å²) in [5.74, 6) is 0.287. The number of piperazine rings is 1. The molecule has 28 heavy (non-hydrogen) atoms. The lowest BCUT2D eigenvalue weighted by Crippen LogP contribution is -2.50. The summed E-state index contributed by atoms with van der Waals surface area (Å²) >= 11 is 0. The monoisotopic (exact) mass is 386 g/mol. The molecule has 5 nitrogen and oxygen atoms in total. The first-order chi connectivity index (χ1) is 13.5. The number of benzene rings is 1. The second-order valence-corrected chi connectivity index (χ2v) is 8.80. The molecule has 1 aromatic carbocycles. The molecule has 2 fully saturated rings. The quantitative estimate of drug-likeness (QED) is 0.720. The molecule has 0 N–H and O–H groups in total. The Kier molecular flexibility index (Phi) is 7.89. The number of rotatable bonds is 7. The molecule has 0 aromatic heterocycles. The Bertz CT molecular complexity index is 627. The van der Waals surface area contributed by atoms with Crippen LogP contribution in [0.4, 0.5) is 0 Å². The van der Waals surface area contributed by atoms with Crippen molar-refractivity contribution in [2.75, 3.05) is 59.9 Å². The summed E-state index contributed by atoms with van der Waals surface area (Å²) in [6.45, 7) is 9.55. The van der Waals surface area contributed by atoms with Gasteiger partial charge in [0.15, 0.2) is 0 Å². The zero-order valence-corrected chi connectivity index (χ0v) is 18.1. The summed E-state index contributed by atoms with van der Waals surface area (Å²) in [6.07, 6.45) is 5.16. The van der Waals surface area contributed by atoms with E-state index < -0.39 is 0 Å². The molecule has 2 heterocycles. The average molecular weight is 387 g/mol. The molecular weight excluding hydrogens is 348 g/mol. The highest BCUT2D eigenvalue weighted by atomic mass is 16.2. The maximum atomic E-state index is 12.7. The van der Waals surface area contributed by atoms with Crippen LogP contribution in [0.1, 0.15) is 36.8 Å². The summed E-state index contributed by atoms with van der Waals surface area (Å²) in [6, 6.07) is 9.42. The lowest BCUT2D eigenvalue weighted by molar-refractivity contribution is -0.134. The van der Waals surface area contributed by atoms with Gasteiger partial charge in [0.2, 0.25) is 5.91 Å². The number of likely N-dealkylation sites (N-methyl/N-ethyl adjacent to an activating group) is 1. The third-order valence-electron chi connectivity index (χ3n) is 6.38. The van der Waals surface area contributed by atoms with Gasteiger partial charge in [0.25, 0.3) is 0 Å². The van der Waals surface area contributed by atoms with Crippen LogP contribution in [-0.4, -0.2) is 91.5 Å². The number of hydrogen-bond donors (Lipinski definition) is 0. The first kappa shape index (κ1) is 21.3. The van der Waals surface area contributed by atoms with E-state index >= 15 is 0 Å². The number of likely N-dealkylation sites (tertiary alicyclic amines) is 1. The van der Waals surface area contributed by atoms with Crippen LogP contribution in [-0.2, 0) is 11.3 Å². The van der Waals surface area contributed by atoms with Crippen molar-refractivity contribution in [1.82, 2.24) is 19.6 Å². The Morgan fingerprint density at radius 3 is 2.64 bits per heavy atom. The molecule has 1 amide bonds. The van der Waals surface area contributed by atoms with Crippen molar-refractivity contribution < 1.29 is 4.79 Å². The molecule has 5 heteroatoms. The Morgan fingerprint density at radius 2 is 1.93 bits per heavy atom. The molecule has 0 saturated carbocycles. The Morgan fingerprint density at radius 1 is 1.14 bits per heavy atom. The predicted molar refractivity (Wildman–Crippen MR) is 115 cm³/mol. The zero-order chi connectivity index (χ0) is 19.9. The molecular formula is C23H38N4O. The fourth-order valence-electron chi connectivity index (χ4n) is 4.51. The van der Waals surface area contributed by atoms with E-state index in [9.17, 15) is 4.79 Å². The fourth-order valence-corrected chi connectivity index (χ4v) is 4.51. The topological polar surface area (TPSA) is 30.0 Å². The van der Waals surface area contributed by atoms with E-state index in [1.807, 2.05) is 0 Å². The number of hydrogen-bond acceptors (Lipinski definition) is 4. The molecule has 0 radical (unpaired) electrons. The second-order valence-electron chi connectivity index (χ2n) is 8.80. The first-order valence-electron chi connectivity index (χ1n) is 11.0. The molecule has 0 spiro atoms. The maximum absolute atomic E-state index is 12.7. The van der Waals surface area contributed by atoms with Gasteiger partial charge in [-0.05, 0) is 58.9 Å². The van der Waals surface area contributed by atoms with Gasteiger partial charge < -0.3 is 9.80 Å². The van der Waals surface area contributed by atoms with Gasteiger partial charge in [-0.25, -0.2) is 0 Å². The van der Waals surface area contributed by atoms with E-state index in [-0.39, 0.29) is 5.91 Å². The third-order valence-corrected chi connectivity index (χ3v) is 6.38. The number of nitrogens with zero attached hydrogens (tertiary/aromatic N) is 4. The van der Waals surface area contributed by atoms with Crippen LogP contribution in [0.3, 0.4) is 0 Å². The predicted octanol–water partition coefficient (Wildman–Crippen LogP) is 2.45. The van der Waals surface area contributed by atoms with Crippen LogP contribution in [0.2, 0.25) is 0 Å². The van der Waals surface area contributed by atoms with Crippen LogP contribution in [0, 0.1) is 6.92 Å². The van der Waals surface area contributed by atoms with E-state index in [0.29, 0.717) is 12.6 Å². The molecule has 2 saturated heterocycles. The Balaban J connectivity index is 1.36. The van der Waals surface area contributed by atoms with Crippen LogP contribution >= 0.6 is 0 Å². The summed E-state index contributed by atoms with van der Waals surface area (Å²) in [5.41, 5.74) is 2.68. The van der Waals surface area contributed by atoms with Gasteiger partial charge in [-0.3, -0.25) is 14.6 Å². The van der Waals surface area contributed by atoms with Crippen LogP contribution in [0.15, 0.2) is 24.3 Å². The molecule has 3 rings (SSSR count). The molecule has 2 aliphatic rings. The average Bonchev–Trinajstić information content (AvgIpc) is 2.68. The Labute approximate surface area is 171 Å². The van der Waals surface area contributed by atoms with Gasteiger partial charge in [-0.1, -0.05) is 36.2 Å². The number of carbonyl (C=O) groups is 1. The highest BCUT2D eigenvalue weighted by Gasteiger charge is 2.23. The number of piperidine rings is 1. The summed E-state index contributed by atoms with van der Waals surface area (Å²) in [7, 11) is 4.33. The smallest absolute Gasteiger partial charge is 0.236 e. The standard InChI is InChI=1S/C23H38N4O/c1-20-7-6-8-21(17-20)18-26-13-15-27(16-14-26)23(28)19-24(2)12-10-22-9-4-5-11-25(22)3/h6-8,17,22H,4-5,9-16,18-19H2,1-3H3. The van der Waals surface area contributed by atoms with E-state index in [0.717, 1.165) is 39.3 Å². The first-order valence-corrected chi connectivity index (χ1v) is 11.0. The highest BCUT2D eigenvalue weighted by molar-refractivity contribution is 5.78. The maximum Gasteiger partial charge on any atom is 0.236 e. The van der Waals surface area contributed by atoms with Gasteiger partial charge in [0.05, 0.1) is 6.54 Å². The normalized spacial score (nSPS) is 22.0. The van der Waals surface area contributed by atoms with Crippen LogP contribution in [0.5, 0.6) is 0 Å². The molecule has 0 aliphatic carbocycles. The summed E-state index contributed by atoms with van der Waals surface area (Å²) in [4.78, 5) is 21.9. The van der Waals surface area contributed by atoms with E-state index in [4.69, 9.17) is 0 Å². The van der Waals surface area contributed by atoms with Crippen molar-refractivity contribution >= 4 is 5.91 Å². The minimum atomic E-state index is 0.287. The third kappa shape index (κ3) is 6.29. The fraction of sp³-hybridized carbons (Fsp3) is 0.696. The SMILES string of the molecule is Cc1cccc(CN2CCN(C(=O)CN(C)CCC3CCCCN3C)CC2)c1. The minimum absolute atomic E-state index is 0.287.